The van der Waals surface area contributed by atoms with Gasteiger partial charge in [0.1, 0.15) is 5.01 Å². The third kappa shape index (κ3) is 3.65. The maximum atomic E-state index is 12.7. The fourth-order valence-corrected chi connectivity index (χ4v) is 4.27. The fraction of sp³-hybridized carbons (Fsp3) is 0.308. The number of nitrogens with one attached hydrogen (secondary N) is 1. The van der Waals surface area contributed by atoms with Gasteiger partial charge in [0.05, 0.1) is 4.90 Å². The van der Waals surface area contributed by atoms with Crippen LogP contribution >= 0.6 is 11.3 Å². The molecule has 0 aliphatic rings. The van der Waals surface area contributed by atoms with Crippen LogP contribution in [0.5, 0.6) is 0 Å². The van der Waals surface area contributed by atoms with Crippen LogP contribution < -0.4 is 4.72 Å². The first-order valence-electron chi connectivity index (χ1n) is 7.02. The summed E-state index contributed by atoms with van der Waals surface area (Å²) in [5, 5.41) is 10.6. The highest BCUT2D eigenvalue weighted by molar-refractivity contribution is 7.89. The van der Waals surface area contributed by atoms with Crippen molar-refractivity contribution in [3.05, 3.63) is 40.7 Å². The topological polar surface area (TPSA) is 89.2 Å². The van der Waals surface area contributed by atoms with Gasteiger partial charge in [-0.05, 0) is 18.6 Å². The monoisotopic (exact) mass is 391 g/mol. The normalized spacial score (nSPS) is 12.8. The van der Waals surface area contributed by atoms with Gasteiger partial charge in [0, 0.05) is 13.0 Å². The van der Waals surface area contributed by atoms with Gasteiger partial charge in [0.15, 0.2) is 0 Å². The minimum atomic E-state index is -4.66. The number of aryl methyl sites for hydroxylation is 1. The van der Waals surface area contributed by atoms with Gasteiger partial charge in [-0.2, -0.15) is 22.8 Å². The van der Waals surface area contributed by atoms with E-state index in [-0.39, 0.29) is 22.8 Å². The number of rotatable bonds is 5. The van der Waals surface area contributed by atoms with E-state index in [1.807, 2.05) is 0 Å². The molecule has 3 aromatic rings. The van der Waals surface area contributed by atoms with E-state index in [4.69, 9.17) is 0 Å². The minimum Gasteiger partial charge on any atom is -0.211 e. The average Bonchev–Trinajstić information content (AvgIpc) is 3.06. The number of alkyl halides is 3. The van der Waals surface area contributed by atoms with Crippen LogP contribution in [0, 0.1) is 6.92 Å². The molecule has 0 fully saturated rings. The number of sulfonamides is 1. The molecule has 0 amide bonds. The summed E-state index contributed by atoms with van der Waals surface area (Å²) in [5.41, 5.74) is 0.601. The fourth-order valence-electron chi connectivity index (χ4n) is 2.16. The van der Waals surface area contributed by atoms with Crippen LogP contribution in [-0.4, -0.2) is 34.8 Å². The van der Waals surface area contributed by atoms with E-state index < -0.39 is 22.0 Å². The van der Waals surface area contributed by atoms with Crippen molar-refractivity contribution in [1.29, 1.82) is 0 Å². The highest BCUT2D eigenvalue weighted by atomic mass is 32.2. The third-order valence-electron chi connectivity index (χ3n) is 3.30. The third-order valence-corrected chi connectivity index (χ3v) is 5.88. The molecule has 1 N–H and O–H groups in total. The van der Waals surface area contributed by atoms with Crippen molar-refractivity contribution in [2.24, 2.45) is 0 Å². The molecule has 0 bridgehead atoms. The molecule has 0 aliphatic carbocycles. The Bertz CT molecular complexity index is 1010. The van der Waals surface area contributed by atoms with Gasteiger partial charge < -0.3 is 0 Å². The van der Waals surface area contributed by atoms with Crippen molar-refractivity contribution in [2.75, 3.05) is 6.54 Å². The number of hydrogen-bond donors (Lipinski definition) is 1. The van der Waals surface area contributed by atoms with Crippen LogP contribution in [0.25, 0.3) is 4.96 Å². The number of nitrogens with zero attached hydrogens (tertiary/aromatic N) is 4. The molecule has 0 atom stereocenters. The summed E-state index contributed by atoms with van der Waals surface area (Å²) in [7, 11) is -3.70. The molecule has 3 rings (SSSR count). The highest BCUT2D eigenvalue weighted by Gasteiger charge is 2.38. The molecular weight excluding hydrogens is 379 g/mol. The SMILES string of the molecule is Cc1ccccc1S(=O)(=O)NCCc1nn2c(C(F)(F)F)nnc2s1. The molecule has 0 spiro atoms. The summed E-state index contributed by atoms with van der Waals surface area (Å²) in [6.07, 6.45) is -4.52. The van der Waals surface area contributed by atoms with Crippen LogP contribution in [0.4, 0.5) is 13.2 Å². The predicted molar refractivity (Wildman–Crippen MR) is 83.7 cm³/mol. The Morgan fingerprint density at radius 1 is 1.24 bits per heavy atom. The van der Waals surface area contributed by atoms with Crippen LogP contribution in [0.3, 0.4) is 0 Å². The Morgan fingerprint density at radius 2 is 1.96 bits per heavy atom. The maximum absolute atomic E-state index is 12.7. The zero-order chi connectivity index (χ0) is 18.2. The number of fused-ring (bicyclic) bond motifs is 1. The summed E-state index contributed by atoms with van der Waals surface area (Å²) < 4.78 is 65.8. The van der Waals surface area contributed by atoms with Crippen LogP contribution in [-0.2, 0) is 22.6 Å². The van der Waals surface area contributed by atoms with E-state index in [0.717, 1.165) is 11.3 Å². The van der Waals surface area contributed by atoms with Crippen LogP contribution in [0.1, 0.15) is 16.4 Å². The second-order valence-electron chi connectivity index (χ2n) is 5.12. The lowest BCUT2D eigenvalue weighted by Crippen LogP contribution is -2.26. The molecule has 7 nitrogen and oxygen atoms in total. The standard InChI is InChI=1S/C13H12F3N5O2S2/c1-8-4-2-3-5-9(8)25(22,23)17-7-6-10-20-21-11(13(14,15)16)18-19-12(21)24-10/h2-5,17H,6-7H2,1H3. The van der Waals surface area contributed by atoms with Crippen molar-refractivity contribution in [3.63, 3.8) is 0 Å². The first kappa shape index (κ1) is 17.8. The Balaban J connectivity index is 1.71. The van der Waals surface area contributed by atoms with E-state index in [9.17, 15) is 21.6 Å². The molecule has 0 unspecified atom stereocenters. The maximum Gasteiger partial charge on any atom is 0.453 e. The van der Waals surface area contributed by atoms with Crippen LogP contribution in [0.15, 0.2) is 29.2 Å². The van der Waals surface area contributed by atoms with E-state index in [1.54, 1.807) is 25.1 Å². The second-order valence-corrected chi connectivity index (χ2v) is 7.90. The molecule has 0 saturated heterocycles. The van der Waals surface area contributed by atoms with E-state index in [2.05, 4.69) is 20.0 Å². The molecule has 2 heterocycles. The van der Waals surface area contributed by atoms with E-state index >= 15 is 0 Å². The van der Waals surface area contributed by atoms with Gasteiger partial charge in [0.25, 0.3) is 5.82 Å². The number of halogens is 3. The smallest absolute Gasteiger partial charge is 0.211 e. The van der Waals surface area contributed by atoms with Crippen molar-refractivity contribution in [3.8, 4) is 0 Å². The summed E-state index contributed by atoms with van der Waals surface area (Å²) in [6.45, 7) is 1.68. The van der Waals surface area contributed by atoms with Crippen molar-refractivity contribution in [2.45, 2.75) is 24.4 Å². The lowest BCUT2D eigenvalue weighted by Gasteiger charge is -2.08. The molecule has 2 aromatic heterocycles. The Kier molecular flexibility index (Phi) is 4.51. The lowest BCUT2D eigenvalue weighted by atomic mass is 10.2. The molecule has 1 aromatic carbocycles. The van der Waals surface area contributed by atoms with Gasteiger partial charge in [-0.1, -0.05) is 29.5 Å². The number of aromatic nitrogens is 4. The molecule has 0 aliphatic heterocycles. The molecule has 12 heteroatoms. The van der Waals surface area contributed by atoms with E-state index in [0.29, 0.717) is 15.1 Å². The van der Waals surface area contributed by atoms with Gasteiger partial charge in [-0.25, -0.2) is 13.1 Å². The zero-order valence-electron chi connectivity index (χ0n) is 12.8. The molecule has 134 valence electrons. The summed E-state index contributed by atoms with van der Waals surface area (Å²) in [6, 6.07) is 6.50. The van der Waals surface area contributed by atoms with Gasteiger partial charge >= 0.3 is 6.18 Å². The Hall–Kier alpha value is -2.05. The average molecular weight is 391 g/mol. The summed E-state index contributed by atoms with van der Waals surface area (Å²) in [4.78, 5) is 0.164. The van der Waals surface area contributed by atoms with Crippen molar-refractivity contribution < 1.29 is 21.6 Å². The minimum absolute atomic E-state index is 0.00210. The largest absolute Gasteiger partial charge is 0.453 e. The second kappa shape index (κ2) is 6.35. The van der Waals surface area contributed by atoms with Gasteiger partial charge in [-0.15, -0.1) is 10.2 Å². The van der Waals surface area contributed by atoms with Crippen molar-refractivity contribution >= 4 is 26.3 Å². The van der Waals surface area contributed by atoms with Gasteiger partial charge in [-0.3, -0.25) is 0 Å². The predicted octanol–water partition coefficient (Wildman–Crippen LogP) is 2.03. The lowest BCUT2D eigenvalue weighted by molar-refractivity contribution is -0.146. The summed E-state index contributed by atoms with van der Waals surface area (Å²) in [5.74, 6) is -1.20. The Morgan fingerprint density at radius 3 is 2.64 bits per heavy atom. The first-order valence-corrected chi connectivity index (χ1v) is 9.32. The molecule has 0 radical (unpaired) electrons. The first-order chi connectivity index (χ1) is 11.7. The zero-order valence-corrected chi connectivity index (χ0v) is 14.4. The summed E-state index contributed by atoms with van der Waals surface area (Å²) >= 11 is 0.927. The highest BCUT2D eigenvalue weighted by Crippen LogP contribution is 2.29. The molecule has 0 saturated carbocycles. The Labute approximate surface area is 144 Å². The molecule has 25 heavy (non-hydrogen) atoms. The van der Waals surface area contributed by atoms with Crippen LogP contribution in [0.2, 0.25) is 0 Å². The van der Waals surface area contributed by atoms with E-state index in [1.165, 1.54) is 6.07 Å². The number of hydrogen-bond acceptors (Lipinski definition) is 6. The molecular formula is C13H12F3N5O2S2. The quantitative estimate of drug-likeness (QED) is 0.719. The van der Waals surface area contributed by atoms with Crippen molar-refractivity contribution in [1.82, 2.24) is 24.5 Å². The number of benzene rings is 1. The van der Waals surface area contributed by atoms with Gasteiger partial charge in [0.2, 0.25) is 15.0 Å².